The highest BCUT2D eigenvalue weighted by Gasteiger charge is 2.23. The van der Waals surface area contributed by atoms with E-state index in [-0.39, 0.29) is 30.0 Å². The molecule has 1 unspecified atom stereocenters. The lowest BCUT2D eigenvalue weighted by Gasteiger charge is -2.25. The molecule has 1 fully saturated rings. The average Bonchev–Trinajstić information content (AvgIpc) is 3.49. The molecule has 0 amide bonds. The van der Waals surface area contributed by atoms with E-state index in [1.165, 1.54) is 12.8 Å². The van der Waals surface area contributed by atoms with Crippen LogP contribution >= 0.6 is 24.0 Å². The van der Waals surface area contributed by atoms with Crippen LogP contribution < -0.4 is 15.4 Å². The Morgan fingerprint density at radius 1 is 1.30 bits per heavy atom. The molecule has 0 aromatic carbocycles. The van der Waals surface area contributed by atoms with E-state index in [0.717, 1.165) is 55.1 Å². The van der Waals surface area contributed by atoms with Crippen molar-refractivity contribution in [3.05, 3.63) is 35.5 Å². The number of nitrogens with one attached hydrogen (secondary N) is 2. The van der Waals surface area contributed by atoms with Crippen LogP contribution in [0.3, 0.4) is 0 Å². The van der Waals surface area contributed by atoms with Crippen molar-refractivity contribution in [2.24, 2.45) is 10.9 Å². The number of rotatable bonds is 8. The van der Waals surface area contributed by atoms with Crippen molar-refractivity contribution in [3.8, 4) is 5.88 Å². The second kappa shape index (κ2) is 10.9. The fraction of sp³-hybridized carbons (Fsp3) is 0.600. The standard InChI is InChI=1S/C20H29N7O2.HI/c1-21-20(23-10-15-5-8-19(22-9-15)29-12-14-3-4-14)24-16-6-7-18-25-17(13-28-2)26-27(18)11-16;/h5,8-9,14,16H,3-4,6-7,10-13H2,1-2H3,(H2,21,23,24);1H. The third kappa shape index (κ3) is 6.27. The first-order chi connectivity index (χ1) is 14.2. The van der Waals surface area contributed by atoms with E-state index in [0.29, 0.717) is 19.0 Å². The van der Waals surface area contributed by atoms with Gasteiger partial charge in [0, 0.05) is 45.4 Å². The number of halogens is 1. The molecule has 1 atom stereocenters. The Labute approximate surface area is 194 Å². The molecule has 1 aliphatic heterocycles. The van der Waals surface area contributed by atoms with E-state index in [2.05, 4.69) is 30.7 Å². The molecule has 2 aromatic rings. The van der Waals surface area contributed by atoms with Gasteiger partial charge in [0.25, 0.3) is 0 Å². The largest absolute Gasteiger partial charge is 0.477 e. The summed E-state index contributed by atoms with van der Waals surface area (Å²) in [5.41, 5.74) is 1.08. The lowest BCUT2D eigenvalue weighted by molar-refractivity contribution is 0.177. The Hall–Kier alpha value is -1.95. The molecule has 10 heteroatoms. The van der Waals surface area contributed by atoms with E-state index in [4.69, 9.17) is 9.47 Å². The van der Waals surface area contributed by atoms with Crippen LogP contribution in [-0.2, 0) is 30.9 Å². The highest BCUT2D eigenvalue weighted by molar-refractivity contribution is 14.0. The number of pyridine rings is 1. The Morgan fingerprint density at radius 3 is 2.87 bits per heavy atom. The molecular weight excluding hydrogens is 497 g/mol. The molecule has 30 heavy (non-hydrogen) atoms. The summed E-state index contributed by atoms with van der Waals surface area (Å²) in [6.45, 7) is 2.64. The van der Waals surface area contributed by atoms with Gasteiger partial charge in [-0.2, -0.15) is 5.10 Å². The first-order valence-corrected chi connectivity index (χ1v) is 10.2. The normalized spacial score (nSPS) is 18.3. The van der Waals surface area contributed by atoms with Gasteiger partial charge in [0.1, 0.15) is 12.4 Å². The zero-order valence-corrected chi connectivity index (χ0v) is 19.8. The number of ether oxygens (including phenoxy) is 2. The number of guanidine groups is 1. The quantitative estimate of drug-likeness (QED) is 0.308. The third-order valence-electron chi connectivity index (χ3n) is 5.16. The lowest BCUT2D eigenvalue weighted by atomic mass is 10.1. The van der Waals surface area contributed by atoms with E-state index in [9.17, 15) is 0 Å². The van der Waals surface area contributed by atoms with Crippen molar-refractivity contribution < 1.29 is 9.47 Å². The Morgan fingerprint density at radius 2 is 2.17 bits per heavy atom. The van der Waals surface area contributed by atoms with Gasteiger partial charge < -0.3 is 20.1 Å². The molecule has 2 aromatic heterocycles. The topological polar surface area (TPSA) is 98.5 Å². The van der Waals surface area contributed by atoms with Gasteiger partial charge in [0.15, 0.2) is 11.8 Å². The SMILES string of the molecule is CN=C(NCc1ccc(OCC2CC2)nc1)NC1CCc2nc(COC)nn2C1.I. The molecule has 0 saturated heterocycles. The summed E-state index contributed by atoms with van der Waals surface area (Å²) in [4.78, 5) is 13.3. The van der Waals surface area contributed by atoms with E-state index < -0.39 is 0 Å². The van der Waals surface area contributed by atoms with Crippen molar-refractivity contribution in [2.45, 2.75) is 51.4 Å². The van der Waals surface area contributed by atoms with Crippen LogP contribution in [0, 0.1) is 5.92 Å². The molecule has 1 aliphatic carbocycles. The predicted molar refractivity (Wildman–Crippen MR) is 124 cm³/mol. The summed E-state index contributed by atoms with van der Waals surface area (Å²) < 4.78 is 12.8. The number of aromatic nitrogens is 4. The predicted octanol–water partition coefficient (Wildman–Crippen LogP) is 1.91. The molecule has 164 valence electrons. The minimum absolute atomic E-state index is 0. The molecule has 0 bridgehead atoms. The third-order valence-corrected chi connectivity index (χ3v) is 5.16. The lowest BCUT2D eigenvalue weighted by Crippen LogP contribution is -2.46. The van der Waals surface area contributed by atoms with Crippen molar-refractivity contribution in [3.63, 3.8) is 0 Å². The average molecular weight is 527 g/mol. The van der Waals surface area contributed by atoms with Gasteiger partial charge in [-0.1, -0.05) is 6.07 Å². The van der Waals surface area contributed by atoms with Gasteiger partial charge in [0.2, 0.25) is 5.88 Å². The summed E-state index contributed by atoms with van der Waals surface area (Å²) >= 11 is 0. The number of aryl methyl sites for hydroxylation is 1. The fourth-order valence-electron chi connectivity index (χ4n) is 3.33. The maximum Gasteiger partial charge on any atom is 0.213 e. The number of hydrogen-bond acceptors (Lipinski definition) is 6. The fourth-order valence-corrected chi connectivity index (χ4v) is 3.33. The van der Waals surface area contributed by atoms with Crippen molar-refractivity contribution >= 4 is 29.9 Å². The number of methoxy groups -OCH3 is 1. The number of aliphatic imine (C=N–C) groups is 1. The van der Waals surface area contributed by atoms with Gasteiger partial charge in [-0.05, 0) is 30.7 Å². The molecule has 0 radical (unpaired) electrons. The highest BCUT2D eigenvalue weighted by atomic mass is 127. The van der Waals surface area contributed by atoms with Crippen LogP contribution in [0.1, 0.15) is 36.5 Å². The maximum atomic E-state index is 5.69. The van der Waals surface area contributed by atoms with Crippen LogP contribution in [0.2, 0.25) is 0 Å². The Bertz CT molecular complexity index is 836. The van der Waals surface area contributed by atoms with Crippen molar-refractivity contribution in [1.29, 1.82) is 0 Å². The molecule has 1 saturated carbocycles. The molecule has 2 aliphatic rings. The molecule has 9 nitrogen and oxygen atoms in total. The maximum absolute atomic E-state index is 5.69. The monoisotopic (exact) mass is 527 g/mol. The summed E-state index contributed by atoms with van der Waals surface area (Å²) in [7, 11) is 3.44. The summed E-state index contributed by atoms with van der Waals surface area (Å²) in [5.74, 6) is 3.95. The second-order valence-corrected chi connectivity index (χ2v) is 7.62. The van der Waals surface area contributed by atoms with Crippen molar-refractivity contribution in [1.82, 2.24) is 30.4 Å². The first kappa shape index (κ1) is 22.7. The zero-order chi connectivity index (χ0) is 20.1. The summed E-state index contributed by atoms with van der Waals surface area (Å²) in [6, 6.07) is 4.22. The van der Waals surface area contributed by atoms with E-state index in [1.807, 2.05) is 23.0 Å². The molecule has 3 heterocycles. The molecular formula is C20H30IN7O2. The van der Waals surface area contributed by atoms with Crippen LogP contribution in [0.15, 0.2) is 23.3 Å². The zero-order valence-electron chi connectivity index (χ0n) is 17.5. The molecule has 0 spiro atoms. The first-order valence-electron chi connectivity index (χ1n) is 10.2. The van der Waals surface area contributed by atoms with Crippen LogP contribution in [-0.4, -0.2) is 52.5 Å². The smallest absolute Gasteiger partial charge is 0.213 e. The van der Waals surface area contributed by atoms with E-state index in [1.54, 1.807) is 14.2 Å². The summed E-state index contributed by atoms with van der Waals surface area (Å²) in [5, 5.41) is 11.4. The van der Waals surface area contributed by atoms with Gasteiger partial charge in [-0.3, -0.25) is 4.99 Å². The Balaban J connectivity index is 0.00000256. The van der Waals surface area contributed by atoms with Gasteiger partial charge in [-0.25, -0.2) is 14.6 Å². The minimum Gasteiger partial charge on any atom is -0.477 e. The van der Waals surface area contributed by atoms with Gasteiger partial charge >= 0.3 is 0 Å². The highest BCUT2D eigenvalue weighted by Crippen LogP contribution is 2.29. The number of nitrogens with zero attached hydrogens (tertiary/aromatic N) is 5. The number of fused-ring (bicyclic) bond motifs is 1. The van der Waals surface area contributed by atoms with Gasteiger partial charge in [-0.15, -0.1) is 24.0 Å². The second-order valence-electron chi connectivity index (χ2n) is 7.62. The van der Waals surface area contributed by atoms with Crippen molar-refractivity contribution in [2.75, 3.05) is 20.8 Å². The molecule has 2 N–H and O–H groups in total. The van der Waals surface area contributed by atoms with Crippen LogP contribution in [0.4, 0.5) is 0 Å². The van der Waals surface area contributed by atoms with Crippen LogP contribution in [0.25, 0.3) is 0 Å². The summed E-state index contributed by atoms with van der Waals surface area (Å²) in [6.07, 6.45) is 6.28. The van der Waals surface area contributed by atoms with Crippen LogP contribution in [0.5, 0.6) is 5.88 Å². The molecule has 4 rings (SSSR count). The minimum atomic E-state index is 0. The van der Waals surface area contributed by atoms with E-state index >= 15 is 0 Å². The van der Waals surface area contributed by atoms with Gasteiger partial charge in [0.05, 0.1) is 13.2 Å². The number of hydrogen-bond donors (Lipinski definition) is 2. The Kier molecular flexibility index (Phi) is 8.25.